The van der Waals surface area contributed by atoms with Crippen molar-refractivity contribution in [1.29, 1.82) is 0 Å². The second kappa shape index (κ2) is 9.99. The van der Waals surface area contributed by atoms with E-state index in [0.29, 0.717) is 30.3 Å². The lowest BCUT2D eigenvalue weighted by Crippen LogP contribution is -2.33. The molecule has 3 aromatic rings. The Bertz CT molecular complexity index is 1060. The third kappa shape index (κ3) is 5.56. The van der Waals surface area contributed by atoms with Crippen LogP contribution in [0.5, 0.6) is 0 Å². The van der Waals surface area contributed by atoms with Crippen molar-refractivity contribution in [2.45, 2.75) is 58.0 Å². The highest BCUT2D eigenvalue weighted by Crippen LogP contribution is 2.25. The van der Waals surface area contributed by atoms with Crippen molar-refractivity contribution in [2.75, 3.05) is 17.2 Å². The summed E-state index contributed by atoms with van der Waals surface area (Å²) < 4.78 is 7.09. The molecule has 2 heterocycles. The van der Waals surface area contributed by atoms with Gasteiger partial charge in [-0.25, -0.2) is 14.3 Å². The number of carbonyl (C=O) groups excluding carboxylic acids is 1. The minimum atomic E-state index is -0.447. The fourth-order valence-electron chi connectivity index (χ4n) is 3.92. The second-order valence-corrected chi connectivity index (χ2v) is 8.91. The number of hydrogen-bond acceptors (Lipinski definition) is 6. The Hall–Kier alpha value is -3.13. The molecule has 4 N–H and O–H groups in total. The topological polar surface area (TPSA) is 107 Å². The Morgan fingerprint density at radius 2 is 2.03 bits per heavy atom. The lowest BCUT2D eigenvalue weighted by Gasteiger charge is -2.27. The van der Waals surface area contributed by atoms with Crippen LogP contribution < -0.4 is 16.4 Å². The number of benzene rings is 1. The molecule has 2 aromatic heterocycles. The van der Waals surface area contributed by atoms with Gasteiger partial charge in [-0.15, -0.1) is 5.10 Å². The molecule has 0 bridgehead atoms. The van der Waals surface area contributed by atoms with Crippen molar-refractivity contribution in [3.63, 3.8) is 0 Å². The van der Waals surface area contributed by atoms with Gasteiger partial charge >= 0.3 is 6.09 Å². The van der Waals surface area contributed by atoms with E-state index in [0.717, 1.165) is 54.8 Å². The Morgan fingerprint density at radius 1 is 1.22 bits per heavy atom. The number of carbonyl (C=O) groups is 1. The van der Waals surface area contributed by atoms with Gasteiger partial charge in [0.15, 0.2) is 5.65 Å². The molecule has 0 unspecified atom stereocenters. The van der Waals surface area contributed by atoms with Gasteiger partial charge in [0, 0.05) is 23.3 Å². The van der Waals surface area contributed by atoms with Crippen molar-refractivity contribution in [1.82, 2.24) is 14.6 Å². The molecule has 0 radical (unpaired) electrons. The van der Waals surface area contributed by atoms with Crippen molar-refractivity contribution >= 4 is 23.2 Å². The summed E-state index contributed by atoms with van der Waals surface area (Å²) in [7, 11) is 0. The van der Waals surface area contributed by atoms with Gasteiger partial charge in [-0.1, -0.05) is 26.0 Å². The first-order chi connectivity index (χ1) is 15.5. The van der Waals surface area contributed by atoms with E-state index in [1.165, 1.54) is 0 Å². The van der Waals surface area contributed by atoms with Gasteiger partial charge in [0.1, 0.15) is 5.82 Å². The lowest BCUT2D eigenvalue weighted by molar-refractivity contribution is 0.155. The summed E-state index contributed by atoms with van der Waals surface area (Å²) in [5.41, 5.74) is 9.22. The predicted molar refractivity (Wildman–Crippen MR) is 127 cm³/mol. The van der Waals surface area contributed by atoms with E-state index in [4.69, 9.17) is 15.6 Å². The SMILES string of the molecule is CC(C)CCOC(=O)Nc1cccc(-c2cnc3ccc(NC4CCC(N)CC4)nn23)c1. The molecule has 8 heteroatoms. The first-order valence-corrected chi connectivity index (χ1v) is 11.4. The number of nitrogens with two attached hydrogens (primary N) is 1. The molecule has 1 fully saturated rings. The lowest BCUT2D eigenvalue weighted by atomic mass is 9.92. The summed E-state index contributed by atoms with van der Waals surface area (Å²) in [6, 6.07) is 12.2. The van der Waals surface area contributed by atoms with E-state index in [1.807, 2.05) is 40.9 Å². The van der Waals surface area contributed by atoms with E-state index < -0.39 is 6.09 Å². The Balaban J connectivity index is 1.48. The number of anilines is 2. The normalized spacial score (nSPS) is 18.6. The molecule has 0 aliphatic heterocycles. The van der Waals surface area contributed by atoms with E-state index in [9.17, 15) is 4.79 Å². The van der Waals surface area contributed by atoms with Gasteiger partial charge in [0.05, 0.1) is 18.5 Å². The standard InChI is InChI=1S/C24H32N6O2/c1-16(2)12-13-32-24(31)28-20-5-3-4-17(14-20)21-15-26-23-11-10-22(29-30(21)23)27-19-8-6-18(25)7-9-19/h3-5,10-11,14-16,18-19H,6-9,12-13,25H2,1-2H3,(H,27,29)(H,28,31). The smallest absolute Gasteiger partial charge is 0.411 e. The summed E-state index contributed by atoms with van der Waals surface area (Å²) in [5.74, 6) is 1.31. The first kappa shape index (κ1) is 22.1. The van der Waals surface area contributed by atoms with Gasteiger partial charge in [-0.05, 0) is 62.3 Å². The van der Waals surface area contributed by atoms with Gasteiger partial charge < -0.3 is 15.8 Å². The molecule has 1 aliphatic carbocycles. The highest BCUT2D eigenvalue weighted by Gasteiger charge is 2.19. The Morgan fingerprint density at radius 3 is 2.81 bits per heavy atom. The van der Waals surface area contributed by atoms with Crippen molar-refractivity contribution in [3.05, 3.63) is 42.6 Å². The molecule has 1 amide bonds. The van der Waals surface area contributed by atoms with Crippen molar-refractivity contribution < 1.29 is 9.53 Å². The fraction of sp³-hybridized carbons (Fsp3) is 0.458. The molecule has 1 aliphatic rings. The summed E-state index contributed by atoms with van der Waals surface area (Å²) in [6.45, 7) is 4.60. The number of nitrogens with zero attached hydrogens (tertiary/aromatic N) is 3. The average Bonchev–Trinajstić information content (AvgIpc) is 3.18. The Labute approximate surface area is 188 Å². The van der Waals surface area contributed by atoms with Crippen LogP contribution in [0.25, 0.3) is 16.9 Å². The maximum atomic E-state index is 12.1. The summed E-state index contributed by atoms with van der Waals surface area (Å²) in [4.78, 5) is 16.6. The number of nitrogens with one attached hydrogen (secondary N) is 2. The van der Waals surface area contributed by atoms with Crippen LogP contribution in [0.4, 0.5) is 16.3 Å². The molecule has 0 saturated heterocycles. The van der Waals surface area contributed by atoms with Crippen LogP contribution in [0.15, 0.2) is 42.6 Å². The van der Waals surface area contributed by atoms with Crippen LogP contribution >= 0.6 is 0 Å². The highest BCUT2D eigenvalue weighted by molar-refractivity contribution is 5.85. The molecule has 1 saturated carbocycles. The summed E-state index contributed by atoms with van der Waals surface area (Å²) >= 11 is 0. The number of rotatable bonds is 7. The molecule has 4 rings (SSSR count). The number of hydrogen-bond donors (Lipinski definition) is 3. The molecule has 170 valence electrons. The maximum absolute atomic E-state index is 12.1. The van der Waals surface area contributed by atoms with E-state index >= 15 is 0 Å². The number of ether oxygens (including phenoxy) is 1. The molecule has 1 aromatic carbocycles. The second-order valence-electron chi connectivity index (χ2n) is 8.91. The number of amides is 1. The van der Waals surface area contributed by atoms with Gasteiger partial charge in [0.2, 0.25) is 0 Å². The fourth-order valence-corrected chi connectivity index (χ4v) is 3.92. The van der Waals surface area contributed by atoms with Crippen molar-refractivity contribution in [2.24, 2.45) is 11.7 Å². The highest BCUT2D eigenvalue weighted by atomic mass is 16.5. The molecule has 0 atom stereocenters. The van der Waals surface area contributed by atoms with E-state index in [2.05, 4.69) is 29.5 Å². The molecular weight excluding hydrogens is 404 g/mol. The molecule has 0 spiro atoms. The monoisotopic (exact) mass is 436 g/mol. The zero-order chi connectivity index (χ0) is 22.5. The zero-order valence-electron chi connectivity index (χ0n) is 18.8. The zero-order valence-corrected chi connectivity index (χ0v) is 18.8. The van der Waals surface area contributed by atoms with Crippen LogP contribution in [0, 0.1) is 5.92 Å². The first-order valence-electron chi connectivity index (χ1n) is 11.4. The maximum Gasteiger partial charge on any atom is 0.411 e. The summed E-state index contributed by atoms with van der Waals surface area (Å²) in [5, 5.41) is 11.1. The van der Waals surface area contributed by atoms with Crippen molar-refractivity contribution in [3.8, 4) is 11.3 Å². The largest absolute Gasteiger partial charge is 0.449 e. The van der Waals surface area contributed by atoms with E-state index in [1.54, 1.807) is 6.20 Å². The third-order valence-corrected chi connectivity index (χ3v) is 5.82. The van der Waals surface area contributed by atoms with Gasteiger partial charge in [-0.3, -0.25) is 5.32 Å². The Kier molecular flexibility index (Phi) is 6.90. The number of imidazole rings is 1. The molecule has 32 heavy (non-hydrogen) atoms. The average molecular weight is 437 g/mol. The minimum Gasteiger partial charge on any atom is -0.449 e. The summed E-state index contributed by atoms with van der Waals surface area (Å²) in [6.07, 6.45) is 6.37. The minimum absolute atomic E-state index is 0.317. The van der Waals surface area contributed by atoms with Crippen LogP contribution in [0.3, 0.4) is 0 Å². The number of aromatic nitrogens is 3. The quantitative estimate of drug-likeness (QED) is 0.497. The third-order valence-electron chi connectivity index (χ3n) is 5.82. The number of fused-ring (bicyclic) bond motifs is 1. The molecule has 8 nitrogen and oxygen atoms in total. The van der Waals surface area contributed by atoms with Crippen LogP contribution in [0.2, 0.25) is 0 Å². The molecular formula is C24H32N6O2. The van der Waals surface area contributed by atoms with Gasteiger partial charge in [0.25, 0.3) is 0 Å². The van der Waals surface area contributed by atoms with Crippen LogP contribution in [-0.2, 0) is 4.74 Å². The van der Waals surface area contributed by atoms with Crippen LogP contribution in [-0.4, -0.2) is 39.4 Å². The van der Waals surface area contributed by atoms with Crippen LogP contribution in [0.1, 0.15) is 46.0 Å². The predicted octanol–water partition coefficient (Wildman–Crippen LogP) is 4.67. The van der Waals surface area contributed by atoms with Gasteiger partial charge in [-0.2, -0.15) is 0 Å². The van der Waals surface area contributed by atoms with E-state index in [-0.39, 0.29) is 0 Å².